The monoisotopic (exact) mass is 384 g/mol. The Balaban J connectivity index is 1.77. The van der Waals surface area contributed by atoms with E-state index in [1.54, 1.807) is 11.3 Å². The summed E-state index contributed by atoms with van der Waals surface area (Å²) in [7, 11) is 0. The number of benzene rings is 1. The van der Waals surface area contributed by atoms with Crippen molar-refractivity contribution in [1.29, 1.82) is 0 Å². The number of thiazole rings is 1. The van der Waals surface area contributed by atoms with Crippen LogP contribution in [0, 0.1) is 3.57 Å². The van der Waals surface area contributed by atoms with Crippen LogP contribution in [0.15, 0.2) is 24.3 Å². The average molecular weight is 384 g/mol. The molecule has 1 heterocycles. The summed E-state index contributed by atoms with van der Waals surface area (Å²) in [6.07, 6.45) is 4.59. The Morgan fingerprint density at radius 3 is 2.95 bits per heavy atom. The first-order valence-corrected chi connectivity index (χ1v) is 8.17. The van der Waals surface area contributed by atoms with Crippen LogP contribution in [0.3, 0.4) is 0 Å². The lowest BCUT2D eigenvalue weighted by Gasteiger charge is -2.06. The average Bonchev–Trinajstić information content (AvgIpc) is 2.80. The molecule has 0 spiro atoms. The maximum absolute atomic E-state index is 12.1. The lowest BCUT2D eigenvalue weighted by molar-refractivity contribution is 0.102. The number of nitrogens with zero attached hydrogens (tertiary/aromatic N) is 1. The van der Waals surface area contributed by atoms with E-state index < -0.39 is 0 Å². The third-order valence-electron chi connectivity index (χ3n) is 3.15. The molecule has 1 aliphatic carbocycles. The molecule has 0 atom stereocenters. The molecule has 0 fully saturated rings. The van der Waals surface area contributed by atoms with Gasteiger partial charge in [-0.1, -0.05) is 6.07 Å². The smallest absolute Gasteiger partial charge is 0.257 e. The maximum Gasteiger partial charge on any atom is 0.257 e. The molecule has 0 saturated carbocycles. The molecule has 1 aliphatic rings. The van der Waals surface area contributed by atoms with Crippen molar-refractivity contribution in [3.63, 3.8) is 0 Å². The topological polar surface area (TPSA) is 42.0 Å². The second-order valence-corrected chi connectivity index (χ2v) is 6.89. The van der Waals surface area contributed by atoms with Gasteiger partial charge in [-0.05, 0) is 66.5 Å². The minimum absolute atomic E-state index is 0.0791. The number of carbonyl (C=O) groups excluding carboxylic acids is 1. The largest absolute Gasteiger partial charge is 0.298 e. The molecule has 1 N–H and O–H groups in total. The Labute approximate surface area is 129 Å². The van der Waals surface area contributed by atoms with Gasteiger partial charge in [0.1, 0.15) is 0 Å². The second-order valence-electron chi connectivity index (χ2n) is 4.56. The molecule has 0 aliphatic heterocycles. The Morgan fingerprint density at radius 1 is 1.32 bits per heavy atom. The number of hydrogen-bond acceptors (Lipinski definition) is 3. The lowest BCUT2D eigenvalue weighted by atomic mass is 10.0. The van der Waals surface area contributed by atoms with E-state index in [9.17, 15) is 4.79 Å². The molecule has 3 nitrogen and oxygen atoms in total. The summed E-state index contributed by atoms with van der Waals surface area (Å²) in [5.74, 6) is -0.0791. The molecule has 0 saturated heterocycles. The Hall–Kier alpha value is -0.950. The summed E-state index contributed by atoms with van der Waals surface area (Å²) in [4.78, 5) is 18.0. The van der Waals surface area contributed by atoms with E-state index in [1.165, 1.54) is 23.4 Å². The van der Waals surface area contributed by atoms with Crippen LogP contribution in [0.25, 0.3) is 0 Å². The van der Waals surface area contributed by atoms with Crippen molar-refractivity contribution < 1.29 is 4.79 Å². The van der Waals surface area contributed by atoms with E-state index >= 15 is 0 Å². The molecule has 2 aromatic rings. The van der Waals surface area contributed by atoms with Gasteiger partial charge in [0, 0.05) is 14.0 Å². The fourth-order valence-electron chi connectivity index (χ4n) is 2.20. The van der Waals surface area contributed by atoms with Crippen molar-refractivity contribution in [2.45, 2.75) is 25.7 Å². The van der Waals surface area contributed by atoms with E-state index in [1.807, 2.05) is 24.3 Å². The number of fused-ring (bicyclic) bond motifs is 1. The van der Waals surface area contributed by atoms with Crippen LogP contribution in [-0.2, 0) is 12.8 Å². The normalized spacial score (nSPS) is 13.9. The highest BCUT2D eigenvalue weighted by atomic mass is 127. The van der Waals surface area contributed by atoms with Crippen LogP contribution in [-0.4, -0.2) is 10.9 Å². The molecule has 1 amide bonds. The molecule has 3 rings (SSSR count). The number of aryl methyl sites for hydroxylation is 2. The van der Waals surface area contributed by atoms with Crippen LogP contribution in [0.4, 0.5) is 5.13 Å². The van der Waals surface area contributed by atoms with E-state index in [0.29, 0.717) is 5.56 Å². The van der Waals surface area contributed by atoms with Crippen molar-refractivity contribution in [2.24, 2.45) is 0 Å². The number of carbonyl (C=O) groups is 1. The van der Waals surface area contributed by atoms with Gasteiger partial charge >= 0.3 is 0 Å². The number of halogens is 1. The summed E-state index contributed by atoms with van der Waals surface area (Å²) >= 11 is 3.82. The highest BCUT2D eigenvalue weighted by Crippen LogP contribution is 2.29. The predicted molar refractivity (Wildman–Crippen MR) is 85.9 cm³/mol. The highest BCUT2D eigenvalue weighted by molar-refractivity contribution is 14.1. The molecule has 1 aromatic carbocycles. The molecule has 98 valence electrons. The van der Waals surface area contributed by atoms with Gasteiger partial charge in [-0.2, -0.15) is 0 Å². The van der Waals surface area contributed by atoms with Gasteiger partial charge in [-0.15, -0.1) is 11.3 Å². The number of rotatable bonds is 2. The minimum atomic E-state index is -0.0791. The fraction of sp³-hybridized carbons (Fsp3) is 0.286. The van der Waals surface area contributed by atoms with Crippen molar-refractivity contribution in [2.75, 3.05) is 5.32 Å². The molecule has 0 radical (unpaired) electrons. The first-order chi connectivity index (χ1) is 9.22. The van der Waals surface area contributed by atoms with Crippen molar-refractivity contribution in [3.8, 4) is 0 Å². The second kappa shape index (κ2) is 5.58. The Morgan fingerprint density at radius 2 is 2.16 bits per heavy atom. The molecule has 19 heavy (non-hydrogen) atoms. The first-order valence-electron chi connectivity index (χ1n) is 6.28. The standard InChI is InChI=1S/C14H13IN2OS/c15-10-5-3-4-9(8-10)13(18)17-14-16-11-6-1-2-7-12(11)19-14/h3-5,8H,1-2,6-7H2,(H,16,17,18). The van der Waals surface area contributed by atoms with Crippen molar-refractivity contribution in [3.05, 3.63) is 44.0 Å². The predicted octanol–water partition coefficient (Wildman–Crippen LogP) is 3.88. The zero-order chi connectivity index (χ0) is 13.2. The lowest BCUT2D eigenvalue weighted by Crippen LogP contribution is -2.11. The van der Waals surface area contributed by atoms with Crippen LogP contribution < -0.4 is 5.32 Å². The van der Waals surface area contributed by atoms with Crippen LogP contribution in [0.2, 0.25) is 0 Å². The summed E-state index contributed by atoms with van der Waals surface area (Å²) in [5.41, 5.74) is 1.86. The van der Waals surface area contributed by atoms with Gasteiger partial charge in [0.25, 0.3) is 5.91 Å². The highest BCUT2D eigenvalue weighted by Gasteiger charge is 2.16. The molecule has 1 aromatic heterocycles. The quantitative estimate of drug-likeness (QED) is 0.799. The molecule has 5 heteroatoms. The maximum atomic E-state index is 12.1. The van der Waals surface area contributed by atoms with E-state index in [-0.39, 0.29) is 5.91 Å². The van der Waals surface area contributed by atoms with Crippen molar-refractivity contribution in [1.82, 2.24) is 4.98 Å². The first kappa shape index (κ1) is 13.1. The van der Waals surface area contributed by atoms with Crippen LogP contribution in [0.1, 0.15) is 33.8 Å². The zero-order valence-corrected chi connectivity index (χ0v) is 13.3. The zero-order valence-electron chi connectivity index (χ0n) is 10.3. The number of anilines is 1. The summed E-state index contributed by atoms with van der Waals surface area (Å²) < 4.78 is 1.06. The van der Waals surface area contributed by atoms with Crippen LogP contribution >= 0.6 is 33.9 Å². The van der Waals surface area contributed by atoms with Gasteiger partial charge in [-0.3, -0.25) is 10.1 Å². The number of nitrogens with one attached hydrogen (secondary N) is 1. The third-order valence-corrected chi connectivity index (χ3v) is 4.90. The summed E-state index contributed by atoms with van der Waals surface area (Å²) in [6.45, 7) is 0. The van der Waals surface area contributed by atoms with Crippen LogP contribution in [0.5, 0.6) is 0 Å². The molecular weight excluding hydrogens is 371 g/mol. The fourth-order valence-corrected chi connectivity index (χ4v) is 3.79. The summed E-state index contributed by atoms with van der Waals surface area (Å²) in [6, 6.07) is 7.57. The SMILES string of the molecule is O=C(Nc1nc2c(s1)CCCC2)c1cccc(I)c1. The summed E-state index contributed by atoms with van der Waals surface area (Å²) in [5, 5.41) is 3.64. The van der Waals surface area contributed by atoms with Crippen molar-refractivity contribution >= 4 is 45.0 Å². The number of amides is 1. The van der Waals surface area contributed by atoms with Gasteiger partial charge in [0.15, 0.2) is 5.13 Å². The van der Waals surface area contributed by atoms with E-state index in [0.717, 1.165) is 21.5 Å². The van der Waals surface area contributed by atoms with Gasteiger partial charge in [0.2, 0.25) is 0 Å². The van der Waals surface area contributed by atoms with Gasteiger partial charge in [-0.25, -0.2) is 4.98 Å². The molecule has 0 unspecified atom stereocenters. The van der Waals surface area contributed by atoms with E-state index in [4.69, 9.17) is 0 Å². The Kier molecular flexibility index (Phi) is 3.83. The molecule has 0 bridgehead atoms. The van der Waals surface area contributed by atoms with Gasteiger partial charge < -0.3 is 0 Å². The minimum Gasteiger partial charge on any atom is -0.298 e. The van der Waals surface area contributed by atoms with Gasteiger partial charge in [0.05, 0.1) is 5.69 Å². The number of aromatic nitrogens is 1. The Bertz CT molecular complexity index is 600. The molecular formula is C14H13IN2OS. The number of hydrogen-bond donors (Lipinski definition) is 1. The van der Waals surface area contributed by atoms with E-state index in [2.05, 4.69) is 32.9 Å². The third kappa shape index (κ3) is 2.97.